The molecule has 0 radical (unpaired) electrons. The van der Waals surface area contributed by atoms with Gasteiger partial charge in [-0.3, -0.25) is 0 Å². The molecule has 0 fully saturated rings. The lowest BCUT2D eigenvalue weighted by atomic mass is 10.0. The van der Waals surface area contributed by atoms with Crippen molar-refractivity contribution < 1.29 is 9.13 Å². The maximum atomic E-state index is 14.8. The smallest absolute Gasteiger partial charge is 0.162 e. The van der Waals surface area contributed by atoms with Crippen LogP contribution in [0.15, 0.2) is 73.6 Å². The molecule has 35 heavy (non-hydrogen) atoms. The molecule has 3 aromatic rings. The molecule has 0 amide bonds. The SMILES string of the molecule is C=CCc1ccc(-c2cnc(-c3ccc(/C=C/CCCC(C)OCCCCC)cc3F)nc2)cc1. The zero-order valence-corrected chi connectivity index (χ0v) is 21.1. The number of aromatic nitrogens is 2. The number of hydrogen-bond acceptors (Lipinski definition) is 3. The summed E-state index contributed by atoms with van der Waals surface area (Å²) in [5.41, 5.74) is 4.39. The van der Waals surface area contributed by atoms with Crippen molar-refractivity contribution in [1.82, 2.24) is 9.97 Å². The van der Waals surface area contributed by atoms with Gasteiger partial charge in [0.15, 0.2) is 5.82 Å². The molecule has 184 valence electrons. The lowest BCUT2D eigenvalue weighted by Gasteiger charge is -2.12. The van der Waals surface area contributed by atoms with E-state index < -0.39 is 0 Å². The van der Waals surface area contributed by atoms with E-state index in [1.807, 2.05) is 30.4 Å². The average molecular weight is 473 g/mol. The summed E-state index contributed by atoms with van der Waals surface area (Å²) in [7, 11) is 0. The number of allylic oxidation sites excluding steroid dienone is 2. The van der Waals surface area contributed by atoms with Gasteiger partial charge < -0.3 is 4.74 Å². The minimum Gasteiger partial charge on any atom is -0.379 e. The zero-order chi connectivity index (χ0) is 24.9. The second-order valence-corrected chi connectivity index (χ2v) is 8.95. The van der Waals surface area contributed by atoms with E-state index >= 15 is 0 Å². The highest BCUT2D eigenvalue weighted by molar-refractivity contribution is 5.65. The van der Waals surface area contributed by atoms with Crippen LogP contribution in [0, 0.1) is 5.82 Å². The van der Waals surface area contributed by atoms with Crippen LogP contribution in [0.4, 0.5) is 4.39 Å². The van der Waals surface area contributed by atoms with Gasteiger partial charge in [-0.05, 0) is 67.9 Å². The van der Waals surface area contributed by atoms with Crippen LogP contribution in [0.5, 0.6) is 0 Å². The topological polar surface area (TPSA) is 35.0 Å². The highest BCUT2D eigenvalue weighted by Crippen LogP contribution is 2.24. The van der Waals surface area contributed by atoms with Crippen LogP contribution >= 0.6 is 0 Å². The molecule has 0 aliphatic carbocycles. The summed E-state index contributed by atoms with van der Waals surface area (Å²) in [6.45, 7) is 8.96. The van der Waals surface area contributed by atoms with Gasteiger partial charge in [-0.25, -0.2) is 14.4 Å². The van der Waals surface area contributed by atoms with E-state index in [2.05, 4.69) is 48.6 Å². The molecular formula is C31H37FN2O. The number of ether oxygens (including phenoxy) is 1. The minimum atomic E-state index is -0.317. The van der Waals surface area contributed by atoms with Crippen molar-refractivity contribution in [2.45, 2.75) is 64.9 Å². The summed E-state index contributed by atoms with van der Waals surface area (Å²) in [6, 6.07) is 13.4. The van der Waals surface area contributed by atoms with Gasteiger partial charge in [0, 0.05) is 24.6 Å². The third-order valence-electron chi connectivity index (χ3n) is 6.00. The number of unbranched alkanes of at least 4 members (excludes halogenated alkanes) is 3. The molecule has 0 saturated carbocycles. The zero-order valence-electron chi connectivity index (χ0n) is 21.1. The van der Waals surface area contributed by atoms with Gasteiger partial charge in [-0.1, -0.05) is 68.3 Å². The Bertz CT molecular complexity index is 1070. The Hall–Kier alpha value is -3.11. The van der Waals surface area contributed by atoms with Crippen molar-refractivity contribution in [3.63, 3.8) is 0 Å². The number of nitrogens with zero attached hydrogens (tertiary/aromatic N) is 2. The molecule has 0 aliphatic rings. The van der Waals surface area contributed by atoms with E-state index in [1.54, 1.807) is 24.5 Å². The number of halogens is 1. The molecule has 1 aromatic heterocycles. The van der Waals surface area contributed by atoms with Gasteiger partial charge in [-0.15, -0.1) is 6.58 Å². The Balaban J connectivity index is 1.51. The van der Waals surface area contributed by atoms with Crippen LogP contribution in [0.25, 0.3) is 28.6 Å². The number of benzene rings is 2. The largest absolute Gasteiger partial charge is 0.379 e. The highest BCUT2D eigenvalue weighted by atomic mass is 19.1. The first kappa shape index (κ1) is 26.5. The van der Waals surface area contributed by atoms with Gasteiger partial charge in [0.05, 0.1) is 11.7 Å². The number of hydrogen-bond donors (Lipinski definition) is 0. The summed E-state index contributed by atoms with van der Waals surface area (Å²) >= 11 is 0. The molecule has 3 nitrogen and oxygen atoms in total. The van der Waals surface area contributed by atoms with Crippen LogP contribution in [0.1, 0.15) is 63.5 Å². The predicted molar refractivity (Wildman–Crippen MR) is 145 cm³/mol. The molecule has 1 unspecified atom stereocenters. The second kappa shape index (κ2) is 14.3. The Morgan fingerprint density at radius 2 is 1.77 bits per heavy atom. The second-order valence-electron chi connectivity index (χ2n) is 8.95. The van der Waals surface area contributed by atoms with Gasteiger partial charge in [0.25, 0.3) is 0 Å². The normalized spacial score (nSPS) is 12.2. The quantitative estimate of drug-likeness (QED) is 0.174. The molecule has 0 N–H and O–H groups in total. The van der Waals surface area contributed by atoms with Crippen molar-refractivity contribution >= 4 is 6.08 Å². The van der Waals surface area contributed by atoms with E-state index in [4.69, 9.17) is 4.74 Å². The van der Waals surface area contributed by atoms with Crippen molar-refractivity contribution in [2.24, 2.45) is 0 Å². The molecular weight excluding hydrogens is 435 g/mol. The van der Waals surface area contributed by atoms with Crippen molar-refractivity contribution in [2.75, 3.05) is 6.61 Å². The van der Waals surface area contributed by atoms with Crippen LogP contribution in [-0.4, -0.2) is 22.7 Å². The van der Waals surface area contributed by atoms with Crippen LogP contribution in [-0.2, 0) is 11.2 Å². The first-order valence-corrected chi connectivity index (χ1v) is 12.7. The third-order valence-corrected chi connectivity index (χ3v) is 6.00. The molecule has 0 spiro atoms. The summed E-state index contributed by atoms with van der Waals surface area (Å²) in [5, 5.41) is 0. The first-order valence-electron chi connectivity index (χ1n) is 12.7. The fraction of sp³-hybridized carbons (Fsp3) is 0.355. The van der Waals surface area contributed by atoms with E-state index in [1.165, 1.54) is 18.4 Å². The van der Waals surface area contributed by atoms with Gasteiger partial charge >= 0.3 is 0 Å². The molecule has 1 atom stereocenters. The average Bonchev–Trinajstić information content (AvgIpc) is 2.87. The summed E-state index contributed by atoms with van der Waals surface area (Å²) in [6.07, 6.45) is 17.2. The summed E-state index contributed by atoms with van der Waals surface area (Å²) in [4.78, 5) is 8.82. The molecule has 0 bridgehead atoms. The molecule has 1 heterocycles. The lowest BCUT2D eigenvalue weighted by Crippen LogP contribution is -2.08. The fourth-order valence-electron chi connectivity index (χ4n) is 3.89. The summed E-state index contributed by atoms with van der Waals surface area (Å²) < 4.78 is 20.6. The fourth-order valence-corrected chi connectivity index (χ4v) is 3.89. The third kappa shape index (κ3) is 8.56. The Morgan fingerprint density at radius 1 is 1.00 bits per heavy atom. The molecule has 0 saturated heterocycles. The maximum Gasteiger partial charge on any atom is 0.162 e. The molecule has 3 rings (SSSR count). The highest BCUT2D eigenvalue weighted by Gasteiger charge is 2.09. The van der Waals surface area contributed by atoms with Crippen molar-refractivity contribution in [3.05, 3.63) is 90.5 Å². The van der Waals surface area contributed by atoms with Gasteiger partial charge in [-0.2, -0.15) is 0 Å². The molecule has 4 heteroatoms. The Labute approximate surface area is 209 Å². The number of rotatable bonds is 14. The van der Waals surface area contributed by atoms with E-state index in [0.717, 1.165) is 55.4 Å². The van der Waals surface area contributed by atoms with E-state index in [-0.39, 0.29) is 5.82 Å². The van der Waals surface area contributed by atoms with E-state index in [9.17, 15) is 4.39 Å². The standard InChI is InChI=1S/C31H37FN2O/c1-4-6-10-20-35-24(3)12-8-7-9-13-26-16-19-29(30(32)21-26)31-33-22-28(23-34-31)27-17-14-25(11-5-2)15-18-27/h5,9,13-19,21-24H,2,4,6-8,10-12,20H2,1,3H3/b13-9+. The van der Waals surface area contributed by atoms with Crippen LogP contribution < -0.4 is 0 Å². The first-order chi connectivity index (χ1) is 17.1. The van der Waals surface area contributed by atoms with Gasteiger partial charge in [0.2, 0.25) is 0 Å². The summed E-state index contributed by atoms with van der Waals surface area (Å²) in [5.74, 6) is 0.0701. The van der Waals surface area contributed by atoms with Crippen LogP contribution in [0.3, 0.4) is 0 Å². The maximum absolute atomic E-state index is 14.8. The van der Waals surface area contributed by atoms with Gasteiger partial charge in [0.1, 0.15) is 5.82 Å². The van der Waals surface area contributed by atoms with E-state index in [0.29, 0.717) is 17.5 Å². The minimum absolute atomic E-state index is 0.292. The Kier molecular flexibility index (Phi) is 10.8. The molecule has 2 aromatic carbocycles. The Morgan fingerprint density at radius 3 is 2.46 bits per heavy atom. The van der Waals surface area contributed by atoms with Crippen molar-refractivity contribution in [3.8, 4) is 22.5 Å². The monoisotopic (exact) mass is 472 g/mol. The predicted octanol–water partition coefficient (Wildman–Crippen LogP) is 8.46. The lowest BCUT2D eigenvalue weighted by molar-refractivity contribution is 0.0566. The molecule has 0 aliphatic heterocycles. The van der Waals surface area contributed by atoms with Crippen molar-refractivity contribution in [1.29, 1.82) is 0 Å². The van der Waals surface area contributed by atoms with Crippen LogP contribution in [0.2, 0.25) is 0 Å².